The van der Waals surface area contributed by atoms with E-state index in [0.29, 0.717) is 18.0 Å². The van der Waals surface area contributed by atoms with Gasteiger partial charge in [0.2, 0.25) is 0 Å². The summed E-state index contributed by atoms with van der Waals surface area (Å²) in [4.78, 5) is 0. The van der Waals surface area contributed by atoms with Crippen molar-refractivity contribution in [3.05, 3.63) is 53.3 Å². The molecule has 0 unspecified atom stereocenters. The number of rotatable bonds is 5. The van der Waals surface area contributed by atoms with Gasteiger partial charge in [-0.3, -0.25) is 0 Å². The maximum Gasteiger partial charge on any atom is 0.166 e. The van der Waals surface area contributed by atoms with E-state index in [4.69, 9.17) is 20.5 Å². The summed E-state index contributed by atoms with van der Waals surface area (Å²) in [6, 6.07) is 11.2. The van der Waals surface area contributed by atoms with E-state index in [-0.39, 0.29) is 17.9 Å². The van der Waals surface area contributed by atoms with Crippen molar-refractivity contribution in [2.24, 2.45) is 0 Å². The number of hydrogen-bond donors (Lipinski definition) is 1. The van der Waals surface area contributed by atoms with Crippen LogP contribution in [0.5, 0.6) is 11.5 Å². The van der Waals surface area contributed by atoms with E-state index in [2.05, 4.69) is 0 Å². The van der Waals surface area contributed by atoms with Gasteiger partial charge in [-0.25, -0.2) is 4.39 Å². The molecule has 2 aromatic rings. The summed E-state index contributed by atoms with van der Waals surface area (Å²) in [7, 11) is 0. The molecule has 0 atom stereocenters. The molecule has 0 aromatic heterocycles. The van der Waals surface area contributed by atoms with Crippen LogP contribution in [-0.2, 0) is 6.61 Å². The van der Waals surface area contributed by atoms with E-state index in [1.807, 2.05) is 13.0 Å². The summed E-state index contributed by atoms with van der Waals surface area (Å²) >= 11 is 0. The maximum atomic E-state index is 13.7. The second-order valence-electron chi connectivity index (χ2n) is 4.35. The Labute approximate surface area is 122 Å². The van der Waals surface area contributed by atoms with Crippen molar-refractivity contribution >= 4 is 5.69 Å². The Bertz CT molecular complexity index is 680. The van der Waals surface area contributed by atoms with Crippen LogP contribution in [0.4, 0.5) is 10.1 Å². The third kappa shape index (κ3) is 3.63. The van der Waals surface area contributed by atoms with E-state index in [0.717, 1.165) is 11.6 Å². The van der Waals surface area contributed by atoms with E-state index in [9.17, 15) is 4.39 Å². The standard InChI is InChI=1S/C16H15FN2O2/c1-2-20-15-6-4-13(19)8-12(15)10-21-16-5-3-11(9-18)7-14(16)17/h3-8H,2,10,19H2,1H3. The average Bonchev–Trinajstić information content (AvgIpc) is 2.48. The van der Waals surface area contributed by atoms with Gasteiger partial charge in [-0.1, -0.05) is 0 Å². The minimum absolute atomic E-state index is 0.0823. The molecule has 0 amide bonds. The monoisotopic (exact) mass is 286 g/mol. The predicted octanol–water partition coefficient (Wildman–Crippen LogP) is 3.26. The van der Waals surface area contributed by atoms with Gasteiger partial charge >= 0.3 is 0 Å². The van der Waals surface area contributed by atoms with Crippen LogP contribution in [0.3, 0.4) is 0 Å². The molecule has 2 aromatic carbocycles. The van der Waals surface area contributed by atoms with Crippen LogP contribution in [0, 0.1) is 17.1 Å². The maximum absolute atomic E-state index is 13.7. The molecule has 0 radical (unpaired) electrons. The SMILES string of the molecule is CCOc1ccc(N)cc1COc1ccc(C#N)cc1F. The van der Waals surface area contributed by atoms with Crippen molar-refractivity contribution in [3.8, 4) is 17.6 Å². The van der Waals surface area contributed by atoms with E-state index >= 15 is 0 Å². The second-order valence-corrected chi connectivity index (χ2v) is 4.35. The molecule has 4 nitrogen and oxygen atoms in total. The van der Waals surface area contributed by atoms with Crippen LogP contribution >= 0.6 is 0 Å². The summed E-state index contributed by atoms with van der Waals surface area (Å²) in [5.74, 6) is 0.163. The molecule has 0 saturated carbocycles. The minimum atomic E-state index is -0.573. The number of nitrogens with two attached hydrogens (primary N) is 1. The third-order valence-electron chi connectivity index (χ3n) is 2.83. The summed E-state index contributed by atoms with van der Waals surface area (Å²) < 4.78 is 24.7. The zero-order valence-electron chi connectivity index (χ0n) is 11.6. The highest BCUT2D eigenvalue weighted by Crippen LogP contribution is 2.25. The summed E-state index contributed by atoms with van der Waals surface area (Å²) in [5, 5.41) is 8.70. The first-order chi connectivity index (χ1) is 10.1. The highest BCUT2D eigenvalue weighted by Gasteiger charge is 2.08. The first kappa shape index (κ1) is 14.7. The predicted molar refractivity (Wildman–Crippen MR) is 77.5 cm³/mol. The number of nitrogens with zero attached hydrogens (tertiary/aromatic N) is 1. The van der Waals surface area contributed by atoms with E-state index in [1.165, 1.54) is 12.1 Å². The fourth-order valence-corrected chi connectivity index (χ4v) is 1.85. The zero-order valence-corrected chi connectivity index (χ0v) is 11.6. The average molecular weight is 286 g/mol. The number of nitriles is 1. The van der Waals surface area contributed by atoms with Crippen molar-refractivity contribution in [3.63, 3.8) is 0 Å². The van der Waals surface area contributed by atoms with Gasteiger partial charge in [0.15, 0.2) is 11.6 Å². The lowest BCUT2D eigenvalue weighted by molar-refractivity contribution is 0.275. The first-order valence-corrected chi connectivity index (χ1v) is 6.47. The molecule has 0 aliphatic heterocycles. The Morgan fingerprint density at radius 3 is 2.57 bits per heavy atom. The molecular formula is C16H15FN2O2. The van der Waals surface area contributed by atoms with Gasteiger partial charge in [0.25, 0.3) is 0 Å². The molecule has 2 N–H and O–H groups in total. The molecule has 0 aliphatic rings. The van der Waals surface area contributed by atoms with Crippen molar-refractivity contribution in [2.75, 3.05) is 12.3 Å². The lowest BCUT2D eigenvalue weighted by Gasteiger charge is -2.12. The van der Waals surface area contributed by atoms with Gasteiger partial charge < -0.3 is 15.2 Å². The summed E-state index contributed by atoms with van der Waals surface area (Å²) in [6.07, 6.45) is 0. The fraction of sp³-hybridized carbons (Fsp3) is 0.188. The molecule has 0 fully saturated rings. The Kier molecular flexibility index (Phi) is 4.62. The van der Waals surface area contributed by atoms with E-state index < -0.39 is 5.82 Å². The molecule has 5 heteroatoms. The number of ether oxygens (including phenoxy) is 2. The lowest BCUT2D eigenvalue weighted by Crippen LogP contribution is -2.03. The molecule has 0 spiro atoms. The smallest absolute Gasteiger partial charge is 0.166 e. The second kappa shape index (κ2) is 6.62. The van der Waals surface area contributed by atoms with Gasteiger partial charge in [0, 0.05) is 11.3 Å². The molecule has 0 saturated heterocycles. The number of hydrogen-bond acceptors (Lipinski definition) is 4. The number of nitrogen functional groups attached to an aromatic ring is 1. The number of benzene rings is 2. The summed E-state index contributed by atoms with van der Waals surface area (Å²) in [6.45, 7) is 2.52. The zero-order chi connectivity index (χ0) is 15.2. The summed E-state index contributed by atoms with van der Waals surface area (Å²) in [5.41, 5.74) is 7.31. The normalized spacial score (nSPS) is 9.95. The minimum Gasteiger partial charge on any atom is -0.493 e. The quantitative estimate of drug-likeness (QED) is 0.857. The van der Waals surface area contributed by atoms with Crippen LogP contribution < -0.4 is 15.2 Å². The van der Waals surface area contributed by atoms with Crippen LogP contribution in [0.25, 0.3) is 0 Å². The lowest BCUT2D eigenvalue weighted by atomic mass is 10.2. The number of anilines is 1. The Balaban J connectivity index is 2.16. The van der Waals surface area contributed by atoms with Crippen LogP contribution in [0.2, 0.25) is 0 Å². The molecule has 2 rings (SSSR count). The topological polar surface area (TPSA) is 68.3 Å². The Hall–Kier alpha value is -2.74. The van der Waals surface area contributed by atoms with Crippen molar-refractivity contribution in [2.45, 2.75) is 13.5 Å². The van der Waals surface area contributed by atoms with Gasteiger partial charge in [0.05, 0.1) is 18.2 Å². The van der Waals surface area contributed by atoms with Crippen molar-refractivity contribution in [1.29, 1.82) is 5.26 Å². The number of halogens is 1. The highest BCUT2D eigenvalue weighted by molar-refractivity contribution is 5.48. The van der Waals surface area contributed by atoms with E-state index in [1.54, 1.807) is 18.2 Å². The largest absolute Gasteiger partial charge is 0.493 e. The molecule has 21 heavy (non-hydrogen) atoms. The van der Waals surface area contributed by atoms with Crippen molar-refractivity contribution < 1.29 is 13.9 Å². The molecule has 0 aliphatic carbocycles. The van der Waals surface area contributed by atoms with Gasteiger partial charge in [-0.2, -0.15) is 5.26 Å². The van der Waals surface area contributed by atoms with Crippen LogP contribution in [0.15, 0.2) is 36.4 Å². The Morgan fingerprint density at radius 2 is 1.90 bits per heavy atom. The molecule has 0 bridgehead atoms. The van der Waals surface area contributed by atoms with Gasteiger partial charge in [-0.15, -0.1) is 0 Å². The first-order valence-electron chi connectivity index (χ1n) is 6.47. The molecular weight excluding hydrogens is 271 g/mol. The highest BCUT2D eigenvalue weighted by atomic mass is 19.1. The third-order valence-corrected chi connectivity index (χ3v) is 2.83. The fourth-order valence-electron chi connectivity index (χ4n) is 1.85. The van der Waals surface area contributed by atoms with Gasteiger partial charge in [-0.05, 0) is 43.3 Å². The van der Waals surface area contributed by atoms with Crippen LogP contribution in [-0.4, -0.2) is 6.61 Å². The van der Waals surface area contributed by atoms with Crippen molar-refractivity contribution in [1.82, 2.24) is 0 Å². The van der Waals surface area contributed by atoms with Gasteiger partial charge in [0.1, 0.15) is 12.4 Å². The molecule has 108 valence electrons. The molecule has 0 heterocycles. The Morgan fingerprint density at radius 1 is 1.14 bits per heavy atom. The van der Waals surface area contributed by atoms with Crippen LogP contribution in [0.1, 0.15) is 18.1 Å².